The van der Waals surface area contributed by atoms with E-state index in [1.165, 1.54) is 6.20 Å². The summed E-state index contributed by atoms with van der Waals surface area (Å²) in [5, 5.41) is 2.97. The van der Waals surface area contributed by atoms with E-state index in [1.54, 1.807) is 6.07 Å². The molecule has 2 rings (SSSR count). The van der Waals surface area contributed by atoms with E-state index in [0.717, 1.165) is 18.6 Å². The smallest absolute Gasteiger partial charge is 0.370 e. The Bertz CT molecular complexity index is 626. The number of nitrogens with zero attached hydrogens (tertiary/aromatic N) is 2. The maximum Gasteiger partial charge on any atom is 0.417 e. The lowest BCUT2D eigenvalue weighted by molar-refractivity contribution is -0.137. The predicted molar refractivity (Wildman–Crippen MR) is 71.2 cm³/mol. The Morgan fingerprint density at radius 3 is 2.62 bits per heavy atom. The van der Waals surface area contributed by atoms with Gasteiger partial charge in [-0.05, 0) is 30.7 Å². The van der Waals surface area contributed by atoms with Crippen LogP contribution in [-0.2, 0) is 6.18 Å². The van der Waals surface area contributed by atoms with Crippen molar-refractivity contribution in [3.63, 3.8) is 0 Å². The molecule has 3 nitrogen and oxygen atoms in total. The molecule has 0 bridgehead atoms. The normalized spacial score (nSPS) is 11.5. The molecule has 0 radical (unpaired) electrons. The van der Waals surface area contributed by atoms with E-state index in [2.05, 4.69) is 15.3 Å². The van der Waals surface area contributed by atoms with Gasteiger partial charge in [0.15, 0.2) is 5.82 Å². The first kappa shape index (κ1) is 15.2. The highest BCUT2D eigenvalue weighted by Crippen LogP contribution is 2.36. The molecular weight excluding hydrogens is 286 g/mol. The lowest BCUT2D eigenvalue weighted by atomic mass is 10.1. The molecule has 7 heteroatoms. The van der Waals surface area contributed by atoms with E-state index in [0.29, 0.717) is 18.4 Å². The summed E-state index contributed by atoms with van der Waals surface area (Å²) >= 11 is 0. The number of rotatable bonds is 4. The Labute approximate surface area is 119 Å². The number of halogens is 4. The Morgan fingerprint density at radius 1 is 1.19 bits per heavy atom. The van der Waals surface area contributed by atoms with Crippen LogP contribution in [0.15, 0.2) is 30.5 Å². The molecule has 1 N–H and O–H groups in total. The summed E-state index contributed by atoms with van der Waals surface area (Å²) < 4.78 is 52.0. The number of anilines is 1. The minimum absolute atomic E-state index is 0.0940. The standard InChI is InChI=1S/C14H13F4N3/c1-2-6-19-12-5-7-20-13(21-12)10-4-3-9(15)8-11(10)14(16,17)18/h3-5,7-8H,2,6H2,1H3,(H,19,20,21). The topological polar surface area (TPSA) is 37.8 Å². The molecule has 0 unspecified atom stereocenters. The molecule has 1 aromatic heterocycles. The van der Waals surface area contributed by atoms with E-state index in [-0.39, 0.29) is 11.4 Å². The van der Waals surface area contributed by atoms with Gasteiger partial charge in [-0.25, -0.2) is 14.4 Å². The molecule has 1 heterocycles. The van der Waals surface area contributed by atoms with E-state index >= 15 is 0 Å². The molecule has 0 saturated carbocycles. The van der Waals surface area contributed by atoms with Crippen molar-refractivity contribution >= 4 is 5.82 Å². The van der Waals surface area contributed by atoms with Crippen LogP contribution in [-0.4, -0.2) is 16.5 Å². The maximum atomic E-state index is 13.1. The fourth-order valence-corrected chi connectivity index (χ4v) is 1.79. The van der Waals surface area contributed by atoms with Crippen LogP contribution in [0.3, 0.4) is 0 Å². The number of aromatic nitrogens is 2. The van der Waals surface area contributed by atoms with Gasteiger partial charge in [0.25, 0.3) is 0 Å². The van der Waals surface area contributed by atoms with Gasteiger partial charge in [0, 0.05) is 18.3 Å². The van der Waals surface area contributed by atoms with Crippen molar-refractivity contribution in [3.05, 3.63) is 41.8 Å². The summed E-state index contributed by atoms with van der Waals surface area (Å²) in [4.78, 5) is 7.89. The molecule has 0 saturated heterocycles. The average Bonchev–Trinajstić information content (AvgIpc) is 2.44. The Balaban J connectivity index is 2.47. The maximum absolute atomic E-state index is 13.1. The van der Waals surface area contributed by atoms with Gasteiger partial charge in [0.1, 0.15) is 11.6 Å². The van der Waals surface area contributed by atoms with Gasteiger partial charge < -0.3 is 5.32 Å². The Hall–Kier alpha value is -2.18. The fourth-order valence-electron chi connectivity index (χ4n) is 1.79. The monoisotopic (exact) mass is 299 g/mol. The zero-order valence-corrected chi connectivity index (χ0v) is 11.2. The molecule has 112 valence electrons. The molecule has 0 atom stereocenters. The van der Waals surface area contributed by atoms with Crippen molar-refractivity contribution in [2.24, 2.45) is 0 Å². The second kappa shape index (κ2) is 6.07. The van der Waals surface area contributed by atoms with Crippen molar-refractivity contribution in [3.8, 4) is 11.4 Å². The second-order valence-electron chi connectivity index (χ2n) is 4.38. The Morgan fingerprint density at radius 2 is 1.95 bits per heavy atom. The molecule has 21 heavy (non-hydrogen) atoms. The second-order valence-corrected chi connectivity index (χ2v) is 4.38. The molecule has 0 fully saturated rings. The minimum atomic E-state index is -4.67. The Kier molecular flexibility index (Phi) is 4.40. The third-order valence-electron chi connectivity index (χ3n) is 2.74. The largest absolute Gasteiger partial charge is 0.417 e. The number of hydrogen-bond acceptors (Lipinski definition) is 3. The van der Waals surface area contributed by atoms with Crippen molar-refractivity contribution < 1.29 is 17.6 Å². The van der Waals surface area contributed by atoms with Crippen LogP contribution in [0.2, 0.25) is 0 Å². The van der Waals surface area contributed by atoms with Crippen molar-refractivity contribution in [2.45, 2.75) is 19.5 Å². The first-order valence-corrected chi connectivity index (χ1v) is 6.36. The van der Waals surface area contributed by atoms with Crippen LogP contribution in [0.25, 0.3) is 11.4 Å². The lowest BCUT2D eigenvalue weighted by Crippen LogP contribution is -2.09. The first-order chi connectivity index (χ1) is 9.91. The SMILES string of the molecule is CCCNc1ccnc(-c2ccc(F)cc2C(F)(F)F)n1. The van der Waals surface area contributed by atoms with Gasteiger partial charge in [-0.3, -0.25) is 0 Å². The van der Waals surface area contributed by atoms with Crippen LogP contribution in [0.1, 0.15) is 18.9 Å². The number of benzene rings is 1. The molecule has 2 aromatic rings. The fraction of sp³-hybridized carbons (Fsp3) is 0.286. The summed E-state index contributed by atoms with van der Waals surface area (Å²) in [6, 6.07) is 4.01. The van der Waals surface area contributed by atoms with Gasteiger partial charge in [0.05, 0.1) is 5.56 Å². The summed E-state index contributed by atoms with van der Waals surface area (Å²) in [6.45, 7) is 2.60. The molecule has 0 aliphatic heterocycles. The summed E-state index contributed by atoms with van der Waals surface area (Å²) in [6.07, 6.45) is -2.46. The highest BCUT2D eigenvalue weighted by molar-refractivity contribution is 5.62. The zero-order chi connectivity index (χ0) is 15.5. The van der Waals surface area contributed by atoms with Crippen LogP contribution in [0, 0.1) is 5.82 Å². The number of alkyl halides is 3. The summed E-state index contributed by atoms with van der Waals surface area (Å²) in [5.74, 6) is -0.617. The molecule has 0 spiro atoms. The van der Waals surface area contributed by atoms with Crippen LogP contribution < -0.4 is 5.32 Å². The third kappa shape index (κ3) is 3.68. The van der Waals surface area contributed by atoms with E-state index < -0.39 is 17.6 Å². The summed E-state index contributed by atoms with van der Waals surface area (Å²) in [5.41, 5.74) is -1.33. The van der Waals surface area contributed by atoms with E-state index in [9.17, 15) is 17.6 Å². The predicted octanol–water partition coefficient (Wildman–Crippen LogP) is 4.12. The van der Waals surface area contributed by atoms with E-state index in [1.807, 2.05) is 6.92 Å². The van der Waals surface area contributed by atoms with E-state index in [4.69, 9.17) is 0 Å². The van der Waals surface area contributed by atoms with Crippen molar-refractivity contribution in [1.82, 2.24) is 9.97 Å². The van der Waals surface area contributed by atoms with Gasteiger partial charge in [-0.1, -0.05) is 6.92 Å². The third-order valence-corrected chi connectivity index (χ3v) is 2.74. The molecule has 1 aromatic carbocycles. The highest BCUT2D eigenvalue weighted by atomic mass is 19.4. The first-order valence-electron chi connectivity index (χ1n) is 6.36. The summed E-state index contributed by atoms with van der Waals surface area (Å²) in [7, 11) is 0. The van der Waals surface area contributed by atoms with Gasteiger partial charge >= 0.3 is 6.18 Å². The van der Waals surface area contributed by atoms with Gasteiger partial charge in [-0.2, -0.15) is 13.2 Å². The highest BCUT2D eigenvalue weighted by Gasteiger charge is 2.34. The van der Waals surface area contributed by atoms with Crippen molar-refractivity contribution in [2.75, 3.05) is 11.9 Å². The van der Waals surface area contributed by atoms with Gasteiger partial charge in [0.2, 0.25) is 0 Å². The van der Waals surface area contributed by atoms with Crippen LogP contribution in [0.5, 0.6) is 0 Å². The average molecular weight is 299 g/mol. The molecule has 0 aliphatic rings. The van der Waals surface area contributed by atoms with Gasteiger partial charge in [-0.15, -0.1) is 0 Å². The van der Waals surface area contributed by atoms with Crippen LogP contribution >= 0.6 is 0 Å². The minimum Gasteiger partial charge on any atom is -0.370 e. The lowest BCUT2D eigenvalue weighted by Gasteiger charge is -2.12. The molecule has 0 aliphatic carbocycles. The number of hydrogen-bond donors (Lipinski definition) is 1. The zero-order valence-electron chi connectivity index (χ0n) is 11.2. The van der Waals surface area contributed by atoms with Crippen LogP contribution in [0.4, 0.5) is 23.4 Å². The number of nitrogens with one attached hydrogen (secondary N) is 1. The molecular formula is C14H13F4N3. The molecule has 0 amide bonds. The quantitative estimate of drug-likeness (QED) is 0.863. The van der Waals surface area contributed by atoms with Crippen molar-refractivity contribution in [1.29, 1.82) is 0 Å².